The Hall–Kier alpha value is -1.52. The van der Waals surface area contributed by atoms with Gasteiger partial charge in [0.15, 0.2) is 0 Å². The van der Waals surface area contributed by atoms with Crippen molar-refractivity contribution in [1.29, 1.82) is 0 Å². The van der Waals surface area contributed by atoms with Crippen LogP contribution in [-0.4, -0.2) is 43.6 Å². The van der Waals surface area contributed by atoms with Crippen LogP contribution in [-0.2, 0) is 9.53 Å². The number of carbonyl (C=O) groups is 2. The molecule has 0 aromatic heterocycles. The summed E-state index contributed by atoms with van der Waals surface area (Å²) >= 11 is 0. The Kier molecular flexibility index (Phi) is 7.19. The average Bonchev–Trinajstić information content (AvgIpc) is 2.33. The van der Waals surface area contributed by atoms with Crippen molar-refractivity contribution in [2.45, 2.75) is 39.7 Å². The van der Waals surface area contributed by atoms with E-state index in [-0.39, 0.29) is 6.03 Å². The largest absolute Gasteiger partial charge is 0.467 e. The van der Waals surface area contributed by atoms with Gasteiger partial charge in [-0.1, -0.05) is 26.8 Å². The minimum atomic E-state index is -0.660. The van der Waals surface area contributed by atoms with Gasteiger partial charge in [-0.25, -0.2) is 9.59 Å². The third kappa shape index (κ3) is 6.27. The third-order valence-electron chi connectivity index (χ3n) is 2.82. The molecular weight excluding hydrogens is 244 g/mol. The molecule has 0 heterocycles. The molecule has 0 aromatic carbocycles. The monoisotopic (exact) mass is 270 g/mol. The zero-order valence-electron chi connectivity index (χ0n) is 12.7. The fourth-order valence-corrected chi connectivity index (χ4v) is 1.55. The molecule has 0 saturated heterocycles. The van der Waals surface area contributed by atoms with Gasteiger partial charge in [0, 0.05) is 13.6 Å². The number of carbonyl (C=O) groups excluding carboxylic acids is 2. The van der Waals surface area contributed by atoms with Gasteiger partial charge in [-0.05, 0) is 18.3 Å². The summed E-state index contributed by atoms with van der Waals surface area (Å²) in [5.41, 5.74) is -0.398. The lowest BCUT2D eigenvalue weighted by atomic mass is 9.87. The van der Waals surface area contributed by atoms with Crippen LogP contribution in [0.3, 0.4) is 0 Å². The normalized spacial score (nSPS) is 12.5. The fourth-order valence-electron chi connectivity index (χ4n) is 1.55. The topological polar surface area (TPSA) is 58.6 Å². The molecule has 0 spiro atoms. The molecule has 0 unspecified atom stereocenters. The van der Waals surface area contributed by atoms with Crippen molar-refractivity contribution >= 4 is 12.0 Å². The van der Waals surface area contributed by atoms with E-state index in [0.29, 0.717) is 6.54 Å². The van der Waals surface area contributed by atoms with Crippen LogP contribution in [0.5, 0.6) is 0 Å². The molecule has 0 aliphatic rings. The van der Waals surface area contributed by atoms with E-state index in [0.717, 1.165) is 12.8 Å². The number of esters is 1. The van der Waals surface area contributed by atoms with Gasteiger partial charge in [0.2, 0.25) is 0 Å². The molecule has 5 nitrogen and oxygen atoms in total. The maximum absolute atomic E-state index is 12.0. The molecule has 110 valence electrons. The van der Waals surface area contributed by atoms with Gasteiger partial charge in [0.1, 0.15) is 6.04 Å². The zero-order chi connectivity index (χ0) is 15.1. The summed E-state index contributed by atoms with van der Waals surface area (Å²) in [6.07, 6.45) is 3.53. The number of methoxy groups -OCH3 is 1. The Morgan fingerprint density at radius 2 is 2.00 bits per heavy atom. The fraction of sp³-hybridized carbons (Fsp3) is 0.714. The highest BCUT2D eigenvalue weighted by Crippen LogP contribution is 2.20. The molecule has 0 bridgehead atoms. The molecular formula is C14H26N2O3. The van der Waals surface area contributed by atoms with Gasteiger partial charge >= 0.3 is 12.0 Å². The quantitative estimate of drug-likeness (QED) is 0.457. The summed E-state index contributed by atoms with van der Waals surface area (Å²) in [5, 5.41) is 2.72. The second kappa shape index (κ2) is 7.81. The van der Waals surface area contributed by atoms with E-state index < -0.39 is 17.4 Å². The summed E-state index contributed by atoms with van der Waals surface area (Å²) in [7, 11) is 3.02. The van der Waals surface area contributed by atoms with Crippen molar-refractivity contribution < 1.29 is 14.3 Å². The van der Waals surface area contributed by atoms with Gasteiger partial charge in [0.25, 0.3) is 0 Å². The number of urea groups is 1. The first-order chi connectivity index (χ1) is 8.73. The predicted octanol–water partition coefficient (Wildman–Crippen LogP) is 2.18. The Morgan fingerprint density at radius 1 is 1.42 bits per heavy atom. The standard InChI is InChI=1S/C14H26N2O3/c1-7-8-9-10-16(5)13(18)15-11(12(17)19-6)14(2,3)4/h7,11H,1,8-10H2,2-6H3,(H,15,18)/t11-/m1/s1. The van der Waals surface area contributed by atoms with Gasteiger partial charge in [-0.3, -0.25) is 0 Å². The predicted molar refractivity (Wildman–Crippen MR) is 75.9 cm³/mol. The number of ether oxygens (including phenoxy) is 1. The summed E-state index contributed by atoms with van der Waals surface area (Å²) in [5.74, 6) is -0.430. The first-order valence-electron chi connectivity index (χ1n) is 6.44. The molecule has 2 amide bonds. The van der Waals surface area contributed by atoms with Crippen LogP contribution in [0, 0.1) is 5.41 Å². The molecule has 0 saturated carbocycles. The van der Waals surface area contributed by atoms with E-state index >= 15 is 0 Å². The average molecular weight is 270 g/mol. The van der Waals surface area contributed by atoms with Crippen LogP contribution >= 0.6 is 0 Å². The number of amides is 2. The van der Waals surface area contributed by atoms with E-state index in [1.165, 1.54) is 7.11 Å². The first kappa shape index (κ1) is 17.5. The lowest BCUT2D eigenvalue weighted by molar-refractivity contribution is -0.145. The van der Waals surface area contributed by atoms with Crippen LogP contribution in [0.25, 0.3) is 0 Å². The van der Waals surface area contributed by atoms with Crippen molar-refractivity contribution in [2.75, 3.05) is 20.7 Å². The van der Waals surface area contributed by atoms with Crippen molar-refractivity contribution in [3.63, 3.8) is 0 Å². The number of nitrogens with one attached hydrogen (secondary N) is 1. The van der Waals surface area contributed by atoms with E-state index in [2.05, 4.69) is 11.9 Å². The number of nitrogens with zero attached hydrogens (tertiary/aromatic N) is 1. The Bertz CT molecular complexity index is 321. The molecule has 0 rings (SSSR count). The van der Waals surface area contributed by atoms with Crippen LogP contribution in [0.4, 0.5) is 4.79 Å². The van der Waals surface area contributed by atoms with E-state index in [9.17, 15) is 9.59 Å². The highest BCUT2D eigenvalue weighted by atomic mass is 16.5. The molecule has 5 heteroatoms. The summed E-state index contributed by atoms with van der Waals surface area (Å²) in [4.78, 5) is 25.3. The number of allylic oxidation sites excluding steroid dienone is 1. The molecule has 19 heavy (non-hydrogen) atoms. The molecule has 0 aliphatic carbocycles. The van der Waals surface area contributed by atoms with Crippen LogP contribution in [0.1, 0.15) is 33.6 Å². The molecule has 0 fully saturated rings. The Morgan fingerprint density at radius 3 is 2.42 bits per heavy atom. The summed E-state index contributed by atoms with van der Waals surface area (Å²) < 4.78 is 4.73. The van der Waals surface area contributed by atoms with Crippen LogP contribution < -0.4 is 5.32 Å². The van der Waals surface area contributed by atoms with Crippen LogP contribution in [0.15, 0.2) is 12.7 Å². The lowest BCUT2D eigenvalue weighted by Crippen LogP contribution is -2.53. The smallest absolute Gasteiger partial charge is 0.328 e. The van der Waals surface area contributed by atoms with Crippen molar-refractivity contribution in [3.8, 4) is 0 Å². The molecule has 0 aliphatic heterocycles. The maximum Gasteiger partial charge on any atom is 0.328 e. The maximum atomic E-state index is 12.0. The lowest BCUT2D eigenvalue weighted by Gasteiger charge is -2.30. The van der Waals surface area contributed by atoms with Crippen LogP contribution in [0.2, 0.25) is 0 Å². The summed E-state index contributed by atoms with van der Waals surface area (Å²) in [6.45, 7) is 9.90. The van der Waals surface area contributed by atoms with Gasteiger partial charge < -0.3 is 15.0 Å². The van der Waals surface area contributed by atoms with Gasteiger partial charge in [0.05, 0.1) is 7.11 Å². The number of rotatable bonds is 6. The number of unbranched alkanes of at least 4 members (excludes halogenated alkanes) is 1. The van der Waals surface area contributed by atoms with E-state index in [1.54, 1.807) is 11.9 Å². The molecule has 0 radical (unpaired) electrons. The second-order valence-corrected chi connectivity index (χ2v) is 5.62. The van der Waals surface area contributed by atoms with Crippen molar-refractivity contribution in [3.05, 3.63) is 12.7 Å². The summed E-state index contributed by atoms with van der Waals surface area (Å²) in [6, 6.07) is -0.929. The minimum Gasteiger partial charge on any atom is -0.467 e. The highest BCUT2D eigenvalue weighted by molar-refractivity contribution is 5.84. The van der Waals surface area contributed by atoms with E-state index in [4.69, 9.17) is 4.74 Å². The minimum absolute atomic E-state index is 0.269. The van der Waals surface area contributed by atoms with Crippen molar-refractivity contribution in [1.82, 2.24) is 10.2 Å². The molecule has 0 aromatic rings. The SMILES string of the molecule is C=CCCCN(C)C(=O)N[C@H](C(=O)OC)C(C)(C)C. The zero-order valence-corrected chi connectivity index (χ0v) is 12.7. The number of hydrogen-bond donors (Lipinski definition) is 1. The van der Waals surface area contributed by atoms with E-state index in [1.807, 2.05) is 26.8 Å². The molecule has 1 atom stereocenters. The third-order valence-corrected chi connectivity index (χ3v) is 2.82. The van der Waals surface area contributed by atoms with Crippen molar-refractivity contribution in [2.24, 2.45) is 5.41 Å². The van der Waals surface area contributed by atoms with Gasteiger partial charge in [-0.15, -0.1) is 6.58 Å². The number of hydrogen-bond acceptors (Lipinski definition) is 3. The highest BCUT2D eigenvalue weighted by Gasteiger charge is 2.34. The second-order valence-electron chi connectivity index (χ2n) is 5.62. The first-order valence-corrected chi connectivity index (χ1v) is 6.44. The Labute approximate surface area is 116 Å². The van der Waals surface area contributed by atoms with Gasteiger partial charge in [-0.2, -0.15) is 0 Å². The Balaban J connectivity index is 4.54. The molecule has 1 N–H and O–H groups in total.